The molecule has 3 rings (SSSR count). The molecule has 0 radical (unpaired) electrons. The highest BCUT2D eigenvalue weighted by Crippen LogP contribution is 2.31. The van der Waals surface area contributed by atoms with Gasteiger partial charge < -0.3 is 20.3 Å². The van der Waals surface area contributed by atoms with E-state index < -0.39 is 0 Å². The van der Waals surface area contributed by atoms with Crippen molar-refractivity contribution in [2.75, 3.05) is 36.9 Å². The van der Waals surface area contributed by atoms with Gasteiger partial charge in [0, 0.05) is 23.1 Å². The Labute approximate surface area is 167 Å². The van der Waals surface area contributed by atoms with Gasteiger partial charge in [-0.3, -0.25) is 4.79 Å². The normalized spacial score (nSPS) is 14.2. The predicted octanol–water partition coefficient (Wildman–Crippen LogP) is 4.59. The topological polar surface area (TPSA) is 53.6 Å². The Balaban J connectivity index is 1.47. The number of anilines is 2. The van der Waals surface area contributed by atoms with Gasteiger partial charge in [-0.05, 0) is 62.8 Å². The van der Waals surface area contributed by atoms with Crippen molar-refractivity contribution in [1.82, 2.24) is 4.90 Å². The number of carbonyl (C=O) groups excluding carboxylic acids is 1. The number of para-hydroxylation sites is 1. The average Bonchev–Trinajstić information content (AvgIpc) is 3.05. The minimum atomic E-state index is -0.0848. The van der Waals surface area contributed by atoms with Gasteiger partial charge in [0.1, 0.15) is 5.75 Å². The van der Waals surface area contributed by atoms with Crippen LogP contribution in [0.1, 0.15) is 32.3 Å². The van der Waals surface area contributed by atoms with E-state index in [4.69, 9.17) is 4.74 Å². The second-order valence-corrected chi connectivity index (χ2v) is 6.81. The van der Waals surface area contributed by atoms with E-state index in [9.17, 15) is 4.79 Å². The van der Waals surface area contributed by atoms with Crippen LogP contribution < -0.4 is 15.4 Å². The summed E-state index contributed by atoms with van der Waals surface area (Å²) in [4.78, 5) is 14.5. The minimum Gasteiger partial charge on any atom is -0.494 e. The molecule has 0 spiro atoms. The first-order chi connectivity index (χ1) is 13.7. The molecule has 0 fully saturated rings. The maximum atomic E-state index is 12.1. The second-order valence-electron chi connectivity index (χ2n) is 6.81. The summed E-state index contributed by atoms with van der Waals surface area (Å²) in [5.74, 6) is 0.781. The number of nitrogens with zero attached hydrogens (tertiary/aromatic N) is 1. The number of hydrogen-bond acceptors (Lipinski definition) is 4. The van der Waals surface area contributed by atoms with Crippen molar-refractivity contribution in [1.29, 1.82) is 0 Å². The molecule has 1 aliphatic rings. The van der Waals surface area contributed by atoms with Gasteiger partial charge in [-0.15, -0.1) is 0 Å². The average molecular weight is 380 g/mol. The Morgan fingerprint density at radius 1 is 1.04 bits per heavy atom. The van der Waals surface area contributed by atoms with Crippen LogP contribution in [0.25, 0.3) is 5.57 Å². The lowest BCUT2D eigenvalue weighted by Crippen LogP contribution is -2.24. The minimum absolute atomic E-state index is 0.0848. The van der Waals surface area contributed by atoms with Gasteiger partial charge in [0.15, 0.2) is 0 Å². The zero-order chi connectivity index (χ0) is 19.8. The van der Waals surface area contributed by atoms with Crippen LogP contribution in [0.4, 0.5) is 11.4 Å². The van der Waals surface area contributed by atoms with Gasteiger partial charge in [-0.1, -0.05) is 32.0 Å². The van der Waals surface area contributed by atoms with E-state index in [0.29, 0.717) is 5.57 Å². The fourth-order valence-corrected chi connectivity index (χ4v) is 3.25. The van der Waals surface area contributed by atoms with E-state index in [-0.39, 0.29) is 5.91 Å². The van der Waals surface area contributed by atoms with Crippen LogP contribution in [0.3, 0.4) is 0 Å². The third-order valence-electron chi connectivity index (χ3n) is 4.98. The first-order valence-electron chi connectivity index (χ1n) is 10.0. The van der Waals surface area contributed by atoms with Crippen LogP contribution in [0, 0.1) is 0 Å². The van der Waals surface area contributed by atoms with Gasteiger partial charge in [-0.2, -0.15) is 0 Å². The number of nitrogens with one attached hydrogen (secondary N) is 2. The molecule has 2 N–H and O–H groups in total. The zero-order valence-corrected chi connectivity index (χ0v) is 16.7. The smallest absolute Gasteiger partial charge is 0.257 e. The first kappa shape index (κ1) is 20.0. The van der Waals surface area contributed by atoms with Crippen molar-refractivity contribution in [3.05, 3.63) is 60.3 Å². The first-order valence-corrected chi connectivity index (χ1v) is 10.0. The van der Waals surface area contributed by atoms with E-state index in [1.54, 1.807) is 6.20 Å². The molecule has 5 heteroatoms. The lowest BCUT2D eigenvalue weighted by molar-refractivity contribution is -0.110. The summed E-state index contributed by atoms with van der Waals surface area (Å²) in [5.41, 5.74) is 3.33. The number of hydrogen-bond donors (Lipinski definition) is 2. The third-order valence-corrected chi connectivity index (χ3v) is 4.98. The number of amides is 1. The van der Waals surface area contributed by atoms with Crippen LogP contribution >= 0.6 is 0 Å². The number of rotatable bonds is 10. The van der Waals surface area contributed by atoms with Gasteiger partial charge >= 0.3 is 0 Å². The van der Waals surface area contributed by atoms with E-state index in [0.717, 1.165) is 61.8 Å². The van der Waals surface area contributed by atoms with Crippen molar-refractivity contribution in [2.45, 2.75) is 26.7 Å². The standard InChI is InChI=1S/C23H29N3O2/c1-3-26(4-2)15-7-8-16-28-19-13-11-18(12-14-19)24-17-21-20-9-5-6-10-22(20)25-23(21)27/h5-6,9-14,17,24H,3-4,7-8,15-16H2,1-2H3,(H,25,27)/b21-17+. The molecule has 1 heterocycles. The number of carbonyl (C=O) groups is 1. The quantitative estimate of drug-likeness (QED) is 0.468. The fraction of sp³-hybridized carbons (Fsp3) is 0.348. The molecule has 148 valence electrons. The highest BCUT2D eigenvalue weighted by molar-refractivity contribution is 6.31. The zero-order valence-electron chi connectivity index (χ0n) is 16.7. The lowest BCUT2D eigenvalue weighted by atomic mass is 10.1. The van der Waals surface area contributed by atoms with E-state index in [2.05, 4.69) is 29.4 Å². The number of fused-ring (bicyclic) bond motifs is 1. The molecular formula is C23H29N3O2. The Hall–Kier alpha value is -2.79. The molecule has 1 aliphatic heterocycles. The summed E-state index contributed by atoms with van der Waals surface area (Å²) in [6.45, 7) is 8.47. The summed E-state index contributed by atoms with van der Waals surface area (Å²) in [6, 6.07) is 15.5. The molecule has 0 bridgehead atoms. The maximum Gasteiger partial charge on any atom is 0.257 e. The van der Waals surface area contributed by atoms with Crippen molar-refractivity contribution in [2.24, 2.45) is 0 Å². The summed E-state index contributed by atoms with van der Waals surface area (Å²) in [5, 5.41) is 6.07. The lowest BCUT2D eigenvalue weighted by Gasteiger charge is -2.17. The van der Waals surface area contributed by atoms with Gasteiger partial charge in [0.2, 0.25) is 0 Å². The Kier molecular flexibility index (Phi) is 7.09. The summed E-state index contributed by atoms with van der Waals surface area (Å²) >= 11 is 0. The van der Waals surface area contributed by atoms with Crippen LogP contribution in [0.5, 0.6) is 5.75 Å². The monoisotopic (exact) mass is 379 g/mol. The summed E-state index contributed by atoms with van der Waals surface area (Å²) in [7, 11) is 0. The molecule has 0 saturated heterocycles. The Bertz CT molecular complexity index is 811. The van der Waals surface area contributed by atoms with Crippen LogP contribution in [-0.4, -0.2) is 37.0 Å². The van der Waals surface area contributed by atoms with Crippen LogP contribution in [0.15, 0.2) is 54.7 Å². The van der Waals surface area contributed by atoms with Crippen molar-refractivity contribution >= 4 is 22.9 Å². The molecule has 0 unspecified atom stereocenters. The van der Waals surface area contributed by atoms with Gasteiger partial charge in [0.25, 0.3) is 5.91 Å². The van der Waals surface area contributed by atoms with Crippen molar-refractivity contribution in [3.63, 3.8) is 0 Å². The molecule has 2 aromatic rings. The second kappa shape index (κ2) is 9.95. The molecule has 0 saturated carbocycles. The summed E-state index contributed by atoms with van der Waals surface area (Å²) < 4.78 is 5.83. The van der Waals surface area contributed by atoms with Crippen LogP contribution in [0.2, 0.25) is 0 Å². The van der Waals surface area contributed by atoms with E-state index >= 15 is 0 Å². The Morgan fingerprint density at radius 3 is 2.54 bits per heavy atom. The SMILES string of the molecule is CCN(CC)CCCCOc1ccc(N/C=C2/C(=O)Nc3ccccc32)cc1. The van der Waals surface area contributed by atoms with E-state index in [1.807, 2.05) is 48.5 Å². The van der Waals surface area contributed by atoms with E-state index in [1.165, 1.54) is 0 Å². The molecule has 0 aromatic heterocycles. The highest BCUT2D eigenvalue weighted by Gasteiger charge is 2.23. The molecule has 5 nitrogen and oxygen atoms in total. The Morgan fingerprint density at radius 2 is 1.79 bits per heavy atom. The highest BCUT2D eigenvalue weighted by atomic mass is 16.5. The molecular weight excluding hydrogens is 350 g/mol. The van der Waals surface area contributed by atoms with Crippen molar-refractivity contribution < 1.29 is 9.53 Å². The summed E-state index contributed by atoms with van der Waals surface area (Å²) in [6.07, 6.45) is 3.96. The molecule has 0 aliphatic carbocycles. The molecule has 28 heavy (non-hydrogen) atoms. The predicted molar refractivity (Wildman–Crippen MR) is 116 cm³/mol. The number of ether oxygens (including phenoxy) is 1. The van der Waals surface area contributed by atoms with Crippen molar-refractivity contribution in [3.8, 4) is 5.75 Å². The molecule has 1 amide bonds. The number of unbranched alkanes of at least 4 members (excludes halogenated alkanes) is 1. The maximum absolute atomic E-state index is 12.1. The van der Waals surface area contributed by atoms with Crippen LogP contribution in [-0.2, 0) is 4.79 Å². The van der Waals surface area contributed by atoms with Gasteiger partial charge in [0.05, 0.1) is 12.2 Å². The largest absolute Gasteiger partial charge is 0.494 e. The molecule has 2 aromatic carbocycles. The molecule has 0 atom stereocenters. The fourth-order valence-electron chi connectivity index (χ4n) is 3.25. The third kappa shape index (κ3) is 5.14. The van der Waals surface area contributed by atoms with Gasteiger partial charge in [-0.25, -0.2) is 0 Å². The number of benzene rings is 2.